The Balaban J connectivity index is 0.845. The minimum atomic E-state index is -1.99. The van der Waals surface area contributed by atoms with Gasteiger partial charge in [-0.1, -0.05) is 37.3 Å². The molecule has 0 saturated heterocycles. The molecule has 1 aliphatic carbocycles. The number of amides is 6. The summed E-state index contributed by atoms with van der Waals surface area (Å²) in [6.45, 7) is 3.50. The Morgan fingerprint density at radius 3 is 2.29 bits per heavy atom. The molecule has 426 valence electrons. The van der Waals surface area contributed by atoms with Crippen LogP contribution in [0.1, 0.15) is 117 Å². The van der Waals surface area contributed by atoms with Gasteiger partial charge < -0.3 is 46.1 Å². The van der Waals surface area contributed by atoms with Gasteiger partial charge in [0.1, 0.15) is 18.5 Å². The van der Waals surface area contributed by atoms with E-state index in [0.717, 1.165) is 34.1 Å². The molecule has 7 N–H and O–H groups in total. The Morgan fingerprint density at radius 1 is 0.850 bits per heavy atom. The number of fused-ring (bicyclic) bond motifs is 2. The van der Waals surface area contributed by atoms with Crippen molar-refractivity contribution in [2.75, 3.05) is 26.2 Å². The molecule has 22 nitrogen and oxygen atoms in total. The second-order valence-corrected chi connectivity index (χ2v) is 20.3. The first kappa shape index (κ1) is 59.6. The van der Waals surface area contributed by atoms with E-state index < -0.39 is 95.3 Å². The molecule has 1 unspecified atom stereocenters. The number of hydrogen-bond donors (Lipinski definition) is 7. The molecule has 0 spiro atoms. The van der Waals surface area contributed by atoms with Crippen molar-refractivity contribution in [2.24, 2.45) is 4.99 Å². The predicted octanol–water partition coefficient (Wildman–Crippen LogP) is 0.332. The largest absolute Gasteiger partial charge is 0.481 e. The number of aliphatic carboxylic acids is 1. The van der Waals surface area contributed by atoms with Crippen LogP contribution in [0.25, 0.3) is 5.57 Å². The number of Topliss-reactive ketones (excluding diaryl/α,β-unsaturated/α-hetero) is 2. The third kappa shape index (κ3) is 14.6. The normalized spacial score (nSPS) is 17.9. The van der Waals surface area contributed by atoms with E-state index in [4.69, 9.17) is 14.8 Å². The summed E-state index contributed by atoms with van der Waals surface area (Å²) in [7, 11) is 0. The van der Waals surface area contributed by atoms with Gasteiger partial charge in [0.05, 0.1) is 36.1 Å². The lowest BCUT2D eigenvalue weighted by atomic mass is 9.84. The number of carboxylic acids is 1. The standard InChI is InChI=1S/C57H67FN8O14/c1-3-57(79)40-28-35-30-61-44-29-41(58)33(2)37-14-15-42(38(53(37)44)22-26-65(35)55(77)39(40)32-80-56(57)78)63-48(70)12-8-24-59-23-7-11-46(68)43(27-34-9-5-4-6-10-34)64-49(71)17-13-36(67)31-62-47(69)21-25-60-54(76)45(16-20-52(74)75)66-50(72)18-19-51(66)73/h4-6,9-10,18-19,28-29,42-43,45,59,79H,3,7-8,11-17,20-27,30-32H2,1-2H3,(H,60,76)(H,62,69)(H,63,70)(H,64,71)(H,74,75)/t42?,43-,45-,57-/m0/s1. The van der Waals surface area contributed by atoms with Gasteiger partial charge in [-0.2, -0.15) is 0 Å². The number of imide groups is 1. The van der Waals surface area contributed by atoms with Crippen molar-refractivity contribution in [3.05, 3.63) is 115 Å². The molecule has 4 aliphatic rings. The van der Waals surface area contributed by atoms with Crippen molar-refractivity contribution in [1.29, 1.82) is 0 Å². The first-order valence-corrected chi connectivity index (χ1v) is 27.0. The number of benzene rings is 2. The van der Waals surface area contributed by atoms with Crippen molar-refractivity contribution in [3.63, 3.8) is 0 Å². The molecule has 3 aliphatic heterocycles. The number of carbonyl (C=O) groups is 10. The van der Waals surface area contributed by atoms with E-state index in [1.54, 1.807) is 24.5 Å². The molecule has 6 amide bonds. The van der Waals surface area contributed by atoms with Gasteiger partial charge in [-0.15, -0.1) is 0 Å². The van der Waals surface area contributed by atoms with Gasteiger partial charge in [0, 0.05) is 80.2 Å². The number of rotatable bonds is 27. The van der Waals surface area contributed by atoms with Gasteiger partial charge in [-0.05, 0) is 106 Å². The Hall–Kier alpha value is -8.05. The van der Waals surface area contributed by atoms with Crippen LogP contribution in [0.2, 0.25) is 0 Å². The van der Waals surface area contributed by atoms with Crippen LogP contribution in [0.5, 0.6) is 0 Å². The van der Waals surface area contributed by atoms with Crippen LogP contribution in [-0.2, 0) is 90.8 Å². The SMILES string of the molecule is CC[C@@]1(O)C(=O)OCc2c1cc1n(c2=O)CCC2=c3c(c(C)c(F)cc3=NC1)CCC2NC(=O)CCCNCCCC(=O)[C@H](Cc1ccccc1)NC(=O)CCC(=O)CNC(=O)CCNC(=O)[C@H](CCC(=O)O)N1C(=O)C=CC1=O. The number of halogens is 1. The number of esters is 1. The first-order chi connectivity index (χ1) is 38.3. The van der Waals surface area contributed by atoms with Crippen LogP contribution in [0, 0.1) is 12.7 Å². The Bertz CT molecular complexity index is 3160. The summed E-state index contributed by atoms with van der Waals surface area (Å²) in [6.07, 6.45) is 3.06. The van der Waals surface area contributed by atoms with Crippen LogP contribution >= 0.6 is 0 Å². The minimum absolute atomic E-state index is 0.00599. The number of ether oxygens (including phenoxy) is 1. The zero-order chi connectivity index (χ0) is 57.7. The lowest BCUT2D eigenvalue weighted by Gasteiger charge is -2.32. The second-order valence-electron chi connectivity index (χ2n) is 20.3. The first-order valence-electron chi connectivity index (χ1n) is 27.0. The predicted molar refractivity (Wildman–Crippen MR) is 284 cm³/mol. The minimum Gasteiger partial charge on any atom is -0.481 e. The summed E-state index contributed by atoms with van der Waals surface area (Å²) in [5.74, 6) is -6.90. The summed E-state index contributed by atoms with van der Waals surface area (Å²) in [5, 5.41) is 35.6. The topological polar surface area (TPSA) is 318 Å². The lowest BCUT2D eigenvalue weighted by molar-refractivity contribution is -0.172. The number of carboxylic acid groups (broad SMARTS) is 1. The molecule has 1 aromatic heterocycles. The van der Waals surface area contributed by atoms with Gasteiger partial charge >= 0.3 is 11.9 Å². The number of cyclic esters (lactones) is 1. The summed E-state index contributed by atoms with van der Waals surface area (Å²) >= 11 is 0. The van der Waals surface area contributed by atoms with E-state index in [2.05, 4.69) is 26.6 Å². The van der Waals surface area contributed by atoms with Gasteiger partial charge in [-0.25, -0.2) is 9.18 Å². The van der Waals surface area contributed by atoms with E-state index >= 15 is 4.39 Å². The van der Waals surface area contributed by atoms with Crippen LogP contribution in [0.3, 0.4) is 0 Å². The van der Waals surface area contributed by atoms with Crippen molar-refractivity contribution >= 4 is 64.5 Å². The maximum absolute atomic E-state index is 15.4. The third-order valence-corrected chi connectivity index (χ3v) is 14.9. The quantitative estimate of drug-likeness (QED) is 0.0308. The van der Waals surface area contributed by atoms with E-state index in [1.807, 2.05) is 30.3 Å². The Morgan fingerprint density at radius 2 is 1.57 bits per heavy atom. The number of nitrogens with zero attached hydrogens (tertiary/aromatic N) is 3. The maximum Gasteiger partial charge on any atom is 0.343 e. The molecule has 0 radical (unpaired) electrons. The highest BCUT2D eigenvalue weighted by Crippen LogP contribution is 2.34. The summed E-state index contributed by atoms with van der Waals surface area (Å²) in [5.41, 5.74) is 1.36. The van der Waals surface area contributed by atoms with E-state index in [1.165, 1.54) is 6.07 Å². The highest BCUT2D eigenvalue weighted by Gasteiger charge is 2.45. The number of aliphatic hydroxyl groups is 1. The molecular formula is C57H67FN8O14. The monoisotopic (exact) mass is 1110 g/mol. The number of carbonyl (C=O) groups excluding carboxylic acids is 9. The van der Waals surface area contributed by atoms with E-state index in [9.17, 15) is 57.8 Å². The van der Waals surface area contributed by atoms with Crippen molar-refractivity contribution in [3.8, 4) is 0 Å². The number of ketones is 2. The highest BCUT2D eigenvalue weighted by atomic mass is 19.1. The fourth-order valence-electron chi connectivity index (χ4n) is 10.5. The lowest BCUT2D eigenvalue weighted by Crippen LogP contribution is -2.50. The van der Waals surface area contributed by atoms with Gasteiger partial charge in [0.2, 0.25) is 23.6 Å². The molecule has 4 heterocycles. The second kappa shape index (κ2) is 27.2. The summed E-state index contributed by atoms with van der Waals surface area (Å²) < 4.78 is 22.2. The number of nitrogens with one attached hydrogen (secondary N) is 5. The molecule has 0 saturated carbocycles. The van der Waals surface area contributed by atoms with Crippen LogP contribution in [0.4, 0.5) is 4.39 Å². The molecule has 80 heavy (non-hydrogen) atoms. The van der Waals surface area contributed by atoms with Gasteiger partial charge in [0.15, 0.2) is 17.2 Å². The Kier molecular flexibility index (Phi) is 20.3. The molecular weight excluding hydrogens is 1040 g/mol. The summed E-state index contributed by atoms with van der Waals surface area (Å²) in [6, 6.07) is 9.40. The third-order valence-electron chi connectivity index (χ3n) is 14.9. The molecule has 7 rings (SSSR count). The average Bonchev–Trinajstić information content (AvgIpc) is 3.90. The highest BCUT2D eigenvalue weighted by molar-refractivity contribution is 6.15. The van der Waals surface area contributed by atoms with Crippen molar-refractivity contribution < 1.29 is 67.3 Å². The van der Waals surface area contributed by atoms with Crippen LogP contribution in [0.15, 0.2) is 64.4 Å². The average molecular weight is 1110 g/mol. The van der Waals surface area contributed by atoms with Crippen LogP contribution < -0.4 is 42.7 Å². The van der Waals surface area contributed by atoms with Gasteiger partial charge in [-0.3, -0.25) is 57.8 Å². The number of pyridine rings is 1. The Labute approximate surface area is 459 Å². The fourth-order valence-corrected chi connectivity index (χ4v) is 10.5. The molecule has 3 aromatic rings. The zero-order valence-corrected chi connectivity index (χ0v) is 44.8. The molecule has 0 bridgehead atoms. The van der Waals surface area contributed by atoms with Crippen molar-refractivity contribution in [1.82, 2.24) is 36.1 Å². The summed E-state index contributed by atoms with van der Waals surface area (Å²) in [4.78, 5) is 146. The number of hydrogen-bond acceptors (Lipinski definition) is 15. The number of aromatic nitrogens is 1. The molecule has 2 aromatic carbocycles. The van der Waals surface area contributed by atoms with E-state index in [0.29, 0.717) is 66.7 Å². The molecule has 23 heteroatoms. The van der Waals surface area contributed by atoms with Crippen LogP contribution in [-0.4, -0.2) is 123 Å². The van der Waals surface area contributed by atoms with Crippen molar-refractivity contribution in [2.45, 2.75) is 147 Å². The fraction of sp³-hybridized carbons (Fsp3) is 0.474. The zero-order valence-electron chi connectivity index (χ0n) is 44.8. The smallest absolute Gasteiger partial charge is 0.343 e. The molecule has 0 fully saturated rings. The van der Waals surface area contributed by atoms with E-state index in [-0.39, 0.29) is 100 Å². The maximum atomic E-state index is 15.4. The molecule has 4 atom stereocenters. The van der Waals surface area contributed by atoms with Gasteiger partial charge in [0.25, 0.3) is 17.4 Å².